The number of benzene rings is 2. The molecule has 0 saturated heterocycles. The Bertz CT molecular complexity index is 806. The molecule has 0 aliphatic rings. The molecule has 0 spiro atoms. The zero-order valence-electron chi connectivity index (χ0n) is 13.9. The van der Waals surface area contributed by atoms with Gasteiger partial charge in [-0.1, -0.05) is 83.8 Å². The first-order chi connectivity index (χ1) is 12.2. The smallest absolute Gasteiger partial charge is 0.226 e. The number of hydrogen-bond donors (Lipinski definition) is 1. The molecular formula is C19H19N3OS2. The molecule has 25 heavy (non-hydrogen) atoms. The van der Waals surface area contributed by atoms with Gasteiger partial charge in [-0.15, -0.1) is 10.2 Å². The van der Waals surface area contributed by atoms with E-state index >= 15 is 0 Å². The van der Waals surface area contributed by atoms with E-state index in [-0.39, 0.29) is 11.2 Å². The van der Waals surface area contributed by atoms with Crippen LogP contribution in [-0.2, 0) is 11.2 Å². The summed E-state index contributed by atoms with van der Waals surface area (Å²) in [6, 6.07) is 20.3. The van der Waals surface area contributed by atoms with Gasteiger partial charge in [-0.25, -0.2) is 0 Å². The van der Waals surface area contributed by atoms with Crippen molar-refractivity contribution in [2.24, 2.45) is 0 Å². The molecule has 0 aliphatic heterocycles. The third-order valence-corrected chi connectivity index (χ3v) is 5.76. The van der Waals surface area contributed by atoms with Crippen LogP contribution in [0.2, 0.25) is 0 Å². The Morgan fingerprint density at radius 1 is 1.08 bits per heavy atom. The highest BCUT2D eigenvalue weighted by Gasteiger charge is 2.13. The van der Waals surface area contributed by atoms with Gasteiger partial charge in [0.05, 0.1) is 0 Å². The van der Waals surface area contributed by atoms with Crippen molar-refractivity contribution >= 4 is 34.1 Å². The summed E-state index contributed by atoms with van der Waals surface area (Å²) in [5, 5.41) is 11.9. The molecule has 128 valence electrons. The second kappa shape index (κ2) is 8.78. The number of thioether (sulfide) groups is 1. The summed E-state index contributed by atoms with van der Waals surface area (Å²) in [6.45, 7) is 2.14. The molecule has 1 heterocycles. The molecule has 1 atom stereocenters. The lowest BCUT2D eigenvalue weighted by Gasteiger charge is -2.08. The number of anilines is 1. The molecule has 0 bridgehead atoms. The third-order valence-electron chi connectivity index (χ3n) is 3.68. The Morgan fingerprint density at radius 2 is 1.76 bits per heavy atom. The van der Waals surface area contributed by atoms with Crippen LogP contribution in [0.4, 0.5) is 5.13 Å². The second-order valence-corrected chi connectivity index (χ2v) is 8.14. The maximum Gasteiger partial charge on any atom is 0.226 e. The standard InChI is InChI=1S/C19H19N3OS2/c1-14(16-10-6-3-7-11-16)24-19-22-21-18(25-19)20-17(23)13-12-15-8-4-2-5-9-15/h2-11,14H,12-13H2,1H3,(H,20,21,23). The Morgan fingerprint density at radius 3 is 2.48 bits per heavy atom. The Hall–Kier alpha value is -2.18. The number of aryl methyl sites for hydroxylation is 1. The van der Waals surface area contributed by atoms with Gasteiger partial charge in [0.15, 0.2) is 4.34 Å². The number of carbonyl (C=O) groups excluding carboxylic acids is 1. The summed E-state index contributed by atoms with van der Waals surface area (Å²) in [5.74, 6) is -0.0346. The zero-order chi connectivity index (χ0) is 17.5. The Labute approximate surface area is 155 Å². The van der Waals surface area contributed by atoms with Crippen molar-refractivity contribution in [3.8, 4) is 0 Å². The first kappa shape index (κ1) is 17.6. The molecule has 1 amide bonds. The van der Waals surface area contributed by atoms with Crippen LogP contribution >= 0.6 is 23.1 Å². The number of hydrogen-bond acceptors (Lipinski definition) is 5. The normalized spacial score (nSPS) is 11.9. The summed E-state index contributed by atoms with van der Waals surface area (Å²) in [7, 11) is 0. The topological polar surface area (TPSA) is 54.9 Å². The predicted octanol–water partition coefficient (Wildman–Crippen LogP) is 4.96. The van der Waals surface area contributed by atoms with E-state index < -0.39 is 0 Å². The molecule has 2 aromatic carbocycles. The highest BCUT2D eigenvalue weighted by atomic mass is 32.2. The van der Waals surface area contributed by atoms with E-state index in [2.05, 4.69) is 34.6 Å². The number of nitrogens with zero attached hydrogens (tertiary/aromatic N) is 2. The first-order valence-electron chi connectivity index (χ1n) is 8.09. The highest BCUT2D eigenvalue weighted by Crippen LogP contribution is 2.37. The van der Waals surface area contributed by atoms with Gasteiger partial charge < -0.3 is 5.32 Å². The summed E-state index contributed by atoms with van der Waals surface area (Å²) >= 11 is 3.06. The summed E-state index contributed by atoms with van der Waals surface area (Å²) < 4.78 is 0.856. The van der Waals surface area contributed by atoms with Gasteiger partial charge in [0, 0.05) is 11.7 Å². The predicted molar refractivity (Wildman–Crippen MR) is 104 cm³/mol. The van der Waals surface area contributed by atoms with Gasteiger partial charge in [-0.05, 0) is 24.5 Å². The number of amides is 1. The fraction of sp³-hybridized carbons (Fsp3) is 0.211. The summed E-state index contributed by atoms with van der Waals surface area (Å²) in [6.07, 6.45) is 1.16. The van der Waals surface area contributed by atoms with E-state index in [0.717, 1.165) is 16.3 Å². The fourth-order valence-electron chi connectivity index (χ4n) is 2.34. The van der Waals surface area contributed by atoms with Crippen LogP contribution in [0.5, 0.6) is 0 Å². The van der Waals surface area contributed by atoms with E-state index in [1.165, 1.54) is 16.9 Å². The lowest BCUT2D eigenvalue weighted by atomic mass is 10.1. The molecule has 1 N–H and O–H groups in total. The lowest BCUT2D eigenvalue weighted by Crippen LogP contribution is -2.12. The van der Waals surface area contributed by atoms with E-state index in [0.29, 0.717) is 11.6 Å². The van der Waals surface area contributed by atoms with Crippen LogP contribution in [-0.4, -0.2) is 16.1 Å². The number of rotatable bonds is 7. The Balaban J connectivity index is 1.50. The van der Waals surface area contributed by atoms with Crippen molar-refractivity contribution in [3.63, 3.8) is 0 Å². The minimum absolute atomic E-state index is 0.0346. The van der Waals surface area contributed by atoms with Gasteiger partial charge in [-0.2, -0.15) is 0 Å². The molecule has 6 heteroatoms. The van der Waals surface area contributed by atoms with E-state index in [4.69, 9.17) is 0 Å². The fourth-order valence-corrected chi connectivity index (χ4v) is 4.38. The van der Waals surface area contributed by atoms with Gasteiger partial charge in [0.25, 0.3) is 0 Å². The summed E-state index contributed by atoms with van der Waals surface area (Å²) in [4.78, 5) is 12.1. The molecule has 1 unspecified atom stereocenters. The van der Waals surface area contributed by atoms with Gasteiger partial charge >= 0.3 is 0 Å². The quantitative estimate of drug-likeness (QED) is 0.472. The average molecular weight is 370 g/mol. The zero-order valence-corrected chi connectivity index (χ0v) is 15.5. The molecule has 0 saturated carbocycles. The van der Waals surface area contributed by atoms with Crippen LogP contribution < -0.4 is 5.32 Å². The minimum atomic E-state index is -0.0346. The summed E-state index contributed by atoms with van der Waals surface area (Å²) in [5.41, 5.74) is 2.40. The molecule has 3 rings (SSSR count). The molecule has 0 fully saturated rings. The molecule has 3 aromatic rings. The maximum atomic E-state index is 12.1. The van der Waals surface area contributed by atoms with E-state index in [1.807, 2.05) is 48.5 Å². The van der Waals surface area contributed by atoms with Crippen LogP contribution in [0, 0.1) is 0 Å². The first-order valence-corrected chi connectivity index (χ1v) is 9.79. The SMILES string of the molecule is CC(Sc1nnc(NC(=O)CCc2ccccc2)s1)c1ccccc1. The van der Waals surface area contributed by atoms with Crippen molar-refractivity contribution < 1.29 is 4.79 Å². The minimum Gasteiger partial charge on any atom is -0.300 e. The molecule has 4 nitrogen and oxygen atoms in total. The van der Waals surface area contributed by atoms with Crippen molar-refractivity contribution in [1.29, 1.82) is 0 Å². The van der Waals surface area contributed by atoms with Gasteiger partial charge in [0.2, 0.25) is 11.0 Å². The largest absolute Gasteiger partial charge is 0.300 e. The highest BCUT2D eigenvalue weighted by molar-refractivity contribution is 8.01. The lowest BCUT2D eigenvalue weighted by molar-refractivity contribution is -0.116. The van der Waals surface area contributed by atoms with Crippen LogP contribution in [0.25, 0.3) is 0 Å². The second-order valence-electron chi connectivity index (χ2n) is 5.58. The molecular weight excluding hydrogens is 350 g/mol. The monoisotopic (exact) mass is 369 g/mol. The number of nitrogens with one attached hydrogen (secondary N) is 1. The van der Waals surface area contributed by atoms with Gasteiger partial charge in [-0.3, -0.25) is 4.79 Å². The van der Waals surface area contributed by atoms with E-state index in [1.54, 1.807) is 11.8 Å². The van der Waals surface area contributed by atoms with Crippen molar-refractivity contribution in [3.05, 3.63) is 71.8 Å². The molecule has 1 aromatic heterocycles. The molecule has 0 aliphatic carbocycles. The number of carbonyl (C=O) groups is 1. The van der Waals surface area contributed by atoms with Crippen LogP contribution in [0.15, 0.2) is 65.0 Å². The number of aromatic nitrogens is 2. The van der Waals surface area contributed by atoms with Crippen LogP contribution in [0.3, 0.4) is 0 Å². The maximum absolute atomic E-state index is 12.1. The third kappa shape index (κ3) is 5.41. The van der Waals surface area contributed by atoms with Crippen molar-refractivity contribution in [2.45, 2.75) is 29.4 Å². The Kier molecular flexibility index (Phi) is 6.19. The van der Waals surface area contributed by atoms with Gasteiger partial charge in [0.1, 0.15) is 0 Å². The van der Waals surface area contributed by atoms with E-state index in [9.17, 15) is 4.79 Å². The van der Waals surface area contributed by atoms with Crippen molar-refractivity contribution in [2.75, 3.05) is 5.32 Å². The van der Waals surface area contributed by atoms with Crippen LogP contribution in [0.1, 0.15) is 29.7 Å². The molecule has 0 radical (unpaired) electrons. The van der Waals surface area contributed by atoms with Crippen molar-refractivity contribution in [1.82, 2.24) is 10.2 Å². The average Bonchev–Trinajstić information content (AvgIpc) is 3.08.